The third-order valence-electron chi connectivity index (χ3n) is 5.29. The predicted molar refractivity (Wildman–Crippen MR) is 104 cm³/mol. The van der Waals surface area contributed by atoms with Gasteiger partial charge in [-0.05, 0) is 54.1 Å². The maximum atomic E-state index is 13.3. The first-order chi connectivity index (χ1) is 13.3. The predicted octanol–water partition coefficient (Wildman–Crippen LogP) is 3.65. The van der Waals surface area contributed by atoms with E-state index in [1.54, 1.807) is 17.5 Å². The molecule has 1 aliphatic carbocycles. The van der Waals surface area contributed by atoms with Gasteiger partial charge in [0.15, 0.2) is 5.65 Å². The van der Waals surface area contributed by atoms with Gasteiger partial charge in [0, 0.05) is 31.9 Å². The lowest BCUT2D eigenvalue weighted by molar-refractivity contribution is 0.0507. The molecular weight excluding hydrogens is 360 g/mol. The highest BCUT2D eigenvalue weighted by atomic mass is 32.1. The second-order valence-corrected chi connectivity index (χ2v) is 8.18. The van der Waals surface area contributed by atoms with Crippen LogP contribution in [-0.4, -0.2) is 44.6 Å². The van der Waals surface area contributed by atoms with Gasteiger partial charge in [0.05, 0.1) is 18.0 Å². The average Bonchev–Trinajstić information content (AvgIpc) is 3.08. The topological polar surface area (TPSA) is 60.2 Å². The van der Waals surface area contributed by atoms with Gasteiger partial charge in [0.25, 0.3) is 5.91 Å². The van der Waals surface area contributed by atoms with Gasteiger partial charge in [-0.15, -0.1) is 0 Å². The fourth-order valence-electron chi connectivity index (χ4n) is 3.69. The number of hydrogen-bond acceptors (Lipinski definition) is 5. The van der Waals surface area contributed by atoms with Gasteiger partial charge < -0.3 is 14.2 Å². The van der Waals surface area contributed by atoms with Gasteiger partial charge in [-0.25, -0.2) is 9.97 Å². The highest BCUT2D eigenvalue weighted by Crippen LogP contribution is 2.36. The molecule has 0 N–H and O–H groups in total. The Kier molecular flexibility index (Phi) is 4.41. The Morgan fingerprint density at radius 1 is 1.33 bits per heavy atom. The van der Waals surface area contributed by atoms with Gasteiger partial charge in [-0.1, -0.05) is 0 Å². The van der Waals surface area contributed by atoms with Crippen LogP contribution in [-0.2, 0) is 11.3 Å². The highest BCUT2D eigenvalue weighted by molar-refractivity contribution is 7.07. The number of ether oxygens (including phenoxy) is 1. The van der Waals surface area contributed by atoms with Gasteiger partial charge in [-0.2, -0.15) is 11.3 Å². The van der Waals surface area contributed by atoms with Crippen LogP contribution in [0, 0.1) is 0 Å². The molecule has 2 aliphatic rings. The van der Waals surface area contributed by atoms with E-state index in [-0.39, 0.29) is 12.0 Å². The molecule has 6 nitrogen and oxygen atoms in total. The Bertz CT molecular complexity index is 942. The first-order valence-electron chi connectivity index (χ1n) is 9.52. The van der Waals surface area contributed by atoms with Crippen LogP contribution in [0.5, 0.6) is 0 Å². The minimum Gasteiger partial charge on any atom is -0.376 e. The second kappa shape index (κ2) is 7.05. The maximum absolute atomic E-state index is 13.3. The number of imidazole rings is 1. The molecule has 27 heavy (non-hydrogen) atoms. The molecule has 7 heteroatoms. The monoisotopic (exact) mass is 382 g/mol. The molecular formula is C20H22N4O2S. The summed E-state index contributed by atoms with van der Waals surface area (Å²) in [6.45, 7) is 2.00. The molecule has 1 saturated carbocycles. The van der Waals surface area contributed by atoms with Crippen molar-refractivity contribution in [3.05, 3.63) is 46.5 Å². The standard InChI is InChI=1S/C20H22N4O2S/c25-20(15-8-18-19(21-9-15)24(13-22-18)16-3-4-16)23(10-14-5-7-27-12-14)11-17-2-1-6-26-17/h5,7-9,12-13,16-17H,1-4,6,10-11H2. The normalized spacial score (nSPS) is 19.6. The zero-order valence-electron chi connectivity index (χ0n) is 15.1. The van der Waals surface area contributed by atoms with Crippen molar-refractivity contribution >= 4 is 28.4 Å². The van der Waals surface area contributed by atoms with Crippen molar-refractivity contribution in [3.8, 4) is 0 Å². The smallest absolute Gasteiger partial charge is 0.255 e. The number of thiophene rings is 1. The SMILES string of the molecule is O=C(c1cnc2c(c1)ncn2C1CC1)N(Cc1ccsc1)CC1CCCO1. The minimum atomic E-state index is -0.00734. The number of fused-ring (bicyclic) bond motifs is 1. The van der Waals surface area contributed by atoms with Crippen molar-refractivity contribution < 1.29 is 9.53 Å². The summed E-state index contributed by atoms with van der Waals surface area (Å²) < 4.78 is 7.90. The van der Waals surface area contributed by atoms with E-state index in [1.165, 1.54) is 12.8 Å². The third-order valence-corrected chi connectivity index (χ3v) is 6.02. The van der Waals surface area contributed by atoms with Gasteiger partial charge in [0.1, 0.15) is 5.52 Å². The Balaban J connectivity index is 1.41. The summed E-state index contributed by atoms with van der Waals surface area (Å²) in [7, 11) is 0. The number of amides is 1. The number of nitrogens with zero attached hydrogens (tertiary/aromatic N) is 4. The fourth-order valence-corrected chi connectivity index (χ4v) is 4.35. The van der Waals surface area contributed by atoms with E-state index in [4.69, 9.17) is 4.74 Å². The summed E-state index contributed by atoms with van der Waals surface area (Å²) in [5.41, 5.74) is 3.41. The molecule has 0 radical (unpaired) electrons. The van der Waals surface area contributed by atoms with E-state index in [1.807, 2.05) is 22.7 Å². The molecule has 3 aromatic rings. The highest BCUT2D eigenvalue weighted by Gasteiger charge is 2.27. The summed E-state index contributed by atoms with van der Waals surface area (Å²) in [6, 6.07) is 4.47. The number of aromatic nitrogens is 3. The Hall–Kier alpha value is -2.25. The molecule has 0 spiro atoms. The van der Waals surface area contributed by atoms with E-state index in [0.29, 0.717) is 24.7 Å². The number of carbonyl (C=O) groups excluding carboxylic acids is 1. The Labute approximate surface area is 161 Å². The molecule has 4 heterocycles. The van der Waals surface area contributed by atoms with Crippen molar-refractivity contribution in [2.45, 2.75) is 44.4 Å². The summed E-state index contributed by atoms with van der Waals surface area (Å²) in [5.74, 6) is -0.00734. The van der Waals surface area contributed by atoms with E-state index in [0.717, 1.165) is 36.2 Å². The van der Waals surface area contributed by atoms with Crippen molar-refractivity contribution in [3.63, 3.8) is 0 Å². The van der Waals surface area contributed by atoms with Crippen LogP contribution in [0.4, 0.5) is 0 Å². The first kappa shape index (κ1) is 16.9. The molecule has 1 aliphatic heterocycles. The maximum Gasteiger partial charge on any atom is 0.255 e. The molecule has 0 bridgehead atoms. The van der Waals surface area contributed by atoms with Crippen LogP contribution >= 0.6 is 11.3 Å². The zero-order valence-corrected chi connectivity index (χ0v) is 15.9. The lowest BCUT2D eigenvalue weighted by Gasteiger charge is -2.25. The third kappa shape index (κ3) is 3.49. The minimum absolute atomic E-state index is 0.00734. The van der Waals surface area contributed by atoms with Crippen molar-refractivity contribution in [1.82, 2.24) is 19.4 Å². The van der Waals surface area contributed by atoms with E-state index in [2.05, 4.69) is 26.0 Å². The lowest BCUT2D eigenvalue weighted by atomic mass is 10.1. The molecule has 0 aromatic carbocycles. The molecule has 1 unspecified atom stereocenters. The van der Waals surface area contributed by atoms with E-state index in [9.17, 15) is 4.79 Å². The summed E-state index contributed by atoms with van der Waals surface area (Å²) in [5, 5.41) is 4.14. The molecule has 140 valence electrons. The fraction of sp³-hybridized carbons (Fsp3) is 0.450. The molecule has 5 rings (SSSR count). The van der Waals surface area contributed by atoms with Crippen LogP contribution < -0.4 is 0 Å². The van der Waals surface area contributed by atoms with E-state index < -0.39 is 0 Å². The largest absolute Gasteiger partial charge is 0.376 e. The quantitative estimate of drug-likeness (QED) is 0.653. The molecule has 1 atom stereocenters. The van der Waals surface area contributed by atoms with Crippen molar-refractivity contribution in [1.29, 1.82) is 0 Å². The molecule has 1 amide bonds. The molecule has 1 saturated heterocycles. The van der Waals surface area contributed by atoms with Crippen molar-refractivity contribution in [2.75, 3.05) is 13.2 Å². The van der Waals surface area contributed by atoms with Crippen molar-refractivity contribution in [2.24, 2.45) is 0 Å². The number of hydrogen-bond donors (Lipinski definition) is 0. The van der Waals surface area contributed by atoms with Gasteiger partial charge >= 0.3 is 0 Å². The number of rotatable bonds is 6. The Morgan fingerprint density at radius 2 is 2.26 bits per heavy atom. The average molecular weight is 382 g/mol. The molecule has 2 fully saturated rings. The van der Waals surface area contributed by atoms with E-state index >= 15 is 0 Å². The summed E-state index contributed by atoms with van der Waals surface area (Å²) in [4.78, 5) is 24.2. The lowest BCUT2D eigenvalue weighted by Crippen LogP contribution is -2.36. The second-order valence-electron chi connectivity index (χ2n) is 7.40. The summed E-state index contributed by atoms with van der Waals surface area (Å²) in [6.07, 6.45) is 8.11. The van der Waals surface area contributed by atoms with Gasteiger partial charge in [0.2, 0.25) is 0 Å². The van der Waals surface area contributed by atoms with Crippen LogP contribution in [0.2, 0.25) is 0 Å². The van der Waals surface area contributed by atoms with Crippen LogP contribution in [0.3, 0.4) is 0 Å². The summed E-state index contributed by atoms with van der Waals surface area (Å²) >= 11 is 1.65. The first-order valence-corrected chi connectivity index (χ1v) is 10.5. The zero-order chi connectivity index (χ0) is 18.2. The van der Waals surface area contributed by atoms with Crippen LogP contribution in [0.25, 0.3) is 11.2 Å². The van der Waals surface area contributed by atoms with Gasteiger partial charge in [-0.3, -0.25) is 4.79 Å². The number of pyridine rings is 1. The molecule has 3 aromatic heterocycles. The van der Waals surface area contributed by atoms with Crippen LogP contribution in [0.15, 0.2) is 35.4 Å². The number of carbonyl (C=O) groups is 1. The Morgan fingerprint density at radius 3 is 3.00 bits per heavy atom. The van der Waals surface area contributed by atoms with Crippen LogP contribution in [0.1, 0.15) is 47.6 Å².